The summed E-state index contributed by atoms with van der Waals surface area (Å²) in [5.74, 6) is 8.17. The minimum Gasteiger partial charge on any atom is -0.493 e. The van der Waals surface area contributed by atoms with Crippen LogP contribution in [0.15, 0.2) is 12.1 Å². The lowest BCUT2D eigenvalue weighted by Crippen LogP contribution is -2.04. The van der Waals surface area contributed by atoms with Gasteiger partial charge in [0.25, 0.3) is 0 Å². The number of hydrogen-bond donors (Lipinski definition) is 0. The average Bonchev–Trinajstić information content (AvgIpc) is 2.52. The molecule has 1 atom stereocenters. The minimum atomic E-state index is 0.281. The van der Waals surface area contributed by atoms with Crippen molar-refractivity contribution in [3.63, 3.8) is 0 Å². The summed E-state index contributed by atoms with van der Waals surface area (Å²) in [5.41, 5.74) is 1.10. The summed E-state index contributed by atoms with van der Waals surface area (Å²) in [6.07, 6.45) is 3.61. The molecule has 0 fully saturated rings. The molecule has 1 aromatic rings. The Bertz CT molecular complexity index is 514. The second-order valence-corrected chi connectivity index (χ2v) is 5.74. The molecule has 3 heteroatoms. The average molecular weight is 323 g/mol. The molecule has 0 saturated carbocycles. The molecule has 0 N–H and O–H groups in total. The lowest BCUT2D eigenvalue weighted by atomic mass is 9.96. The van der Waals surface area contributed by atoms with Crippen LogP contribution in [0.2, 0.25) is 5.02 Å². The Kier molecular flexibility index (Phi) is 8.85. The van der Waals surface area contributed by atoms with Crippen molar-refractivity contribution < 1.29 is 9.47 Å². The third-order valence-electron chi connectivity index (χ3n) is 3.23. The minimum absolute atomic E-state index is 0.281. The molecular weight excluding hydrogens is 296 g/mol. The van der Waals surface area contributed by atoms with E-state index in [1.54, 1.807) is 0 Å². The highest BCUT2D eigenvalue weighted by Crippen LogP contribution is 2.37. The first-order valence-corrected chi connectivity index (χ1v) is 8.56. The Balaban J connectivity index is 3.03. The Labute approximate surface area is 140 Å². The van der Waals surface area contributed by atoms with Crippen LogP contribution in [0.3, 0.4) is 0 Å². The van der Waals surface area contributed by atoms with Crippen LogP contribution in [0.5, 0.6) is 11.5 Å². The van der Waals surface area contributed by atoms with Crippen molar-refractivity contribution in [2.45, 2.75) is 59.3 Å². The van der Waals surface area contributed by atoms with E-state index in [1.165, 1.54) is 0 Å². The molecule has 0 heterocycles. The van der Waals surface area contributed by atoms with Gasteiger partial charge in [0.1, 0.15) is 11.5 Å². The monoisotopic (exact) mass is 322 g/mol. The third kappa shape index (κ3) is 5.81. The number of benzene rings is 1. The van der Waals surface area contributed by atoms with E-state index >= 15 is 0 Å². The third-order valence-corrected chi connectivity index (χ3v) is 3.52. The summed E-state index contributed by atoms with van der Waals surface area (Å²) >= 11 is 6.36. The molecule has 0 bridgehead atoms. The Morgan fingerprint density at radius 3 is 2.23 bits per heavy atom. The fraction of sp³-hybridized carbons (Fsp3) is 0.579. The summed E-state index contributed by atoms with van der Waals surface area (Å²) in [5, 5.41) is 0.641. The van der Waals surface area contributed by atoms with E-state index in [0.717, 1.165) is 37.0 Å². The Morgan fingerprint density at radius 2 is 1.64 bits per heavy atom. The van der Waals surface area contributed by atoms with Crippen molar-refractivity contribution >= 4 is 11.6 Å². The molecule has 0 aliphatic heterocycles. The van der Waals surface area contributed by atoms with E-state index in [-0.39, 0.29) is 5.92 Å². The van der Waals surface area contributed by atoms with Gasteiger partial charge in [-0.2, -0.15) is 0 Å². The van der Waals surface area contributed by atoms with Crippen molar-refractivity contribution in [3.8, 4) is 23.3 Å². The largest absolute Gasteiger partial charge is 0.493 e. The van der Waals surface area contributed by atoms with E-state index in [0.29, 0.717) is 24.0 Å². The van der Waals surface area contributed by atoms with Gasteiger partial charge in [0.05, 0.1) is 18.2 Å². The molecule has 0 aromatic heterocycles. The van der Waals surface area contributed by atoms with Gasteiger partial charge in [-0.25, -0.2) is 0 Å². The molecule has 0 saturated heterocycles. The maximum Gasteiger partial charge on any atom is 0.141 e. The van der Waals surface area contributed by atoms with Gasteiger partial charge in [-0.3, -0.25) is 0 Å². The molecule has 2 nitrogen and oxygen atoms in total. The molecular formula is C19H27ClO2. The van der Waals surface area contributed by atoms with Crippen LogP contribution in [0.4, 0.5) is 0 Å². The van der Waals surface area contributed by atoms with Crippen molar-refractivity contribution in [2.24, 2.45) is 0 Å². The molecule has 0 spiro atoms. The summed E-state index contributed by atoms with van der Waals surface area (Å²) in [4.78, 5) is 0. The SMILES string of the molecule is CCC#CCC(C)c1cc(Cl)c(OCCC)cc1OCCC. The summed E-state index contributed by atoms with van der Waals surface area (Å²) in [7, 11) is 0. The standard InChI is InChI=1S/C19H27ClO2/c1-5-8-9-10-15(4)16-13-17(20)19(22-12-7-3)14-18(16)21-11-6-2/h13-15H,5-7,10-12H2,1-4H3. The second kappa shape index (κ2) is 10.4. The second-order valence-electron chi connectivity index (χ2n) is 5.33. The van der Waals surface area contributed by atoms with E-state index in [4.69, 9.17) is 21.1 Å². The van der Waals surface area contributed by atoms with Gasteiger partial charge in [0.2, 0.25) is 0 Å². The highest BCUT2D eigenvalue weighted by molar-refractivity contribution is 6.32. The summed E-state index contributed by atoms with van der Waals surface area (Å²) in [6.45, 7) is 9.73. The van der Waals surface area contributed by atoms with Gasteiger partial charge < -0.3 is 9.47 Å². The first kappa shape index (κ1) is 18.7. The molecule has 1 aromatic carbocycles. The number of hydrogen-bond acceptors (Lipinski definition) is 2. The fourth-order valence-electron chi connectivity index (χ4n) is 2.06. The van der Waals surface area contributed by atoms with Crippen LogP contribution in [-0.4, -0.2) is 13.2 Å². The zero-order chi connectivity index (χ0) is 16.4. The van der Waals surface area contributed by atoms with Gasteiger partial charge in [0, 0.05) is 18.9 Å². The molecule has 0 aliphatic carbocycles. The zero-order valence-corrected chi connectivity index (χ0v) is 14.9. The topological polar surface area (TPSA) is 18.5 Å². The van der Waals surface area contributed by atoms with Crippen LogP contribution in [0.1, 0.15) is 64.9 Å². The first-order chi connectivity index (χ1) is 10.6. The zero-order valence-electron chi connectivity index (χ0n) is 14.2. The van der Waals surface area contributed by atoms with Gasteiger partial charge in [0.15, 0.2) is 0 Å². The molecule has 1 unspecified atom stereocenters. The highest BCUT2D eigenvalue weighted by Gasteiger charge is 2.16. The highest BCUT2D eigenvalue weighted by atomic mass is 35.5. The van der Waals surface area contributed by atoms with Crippen LogP contribution < -0.4 is 9.47 Å². The van der Waals surface area contributed by atoms with Crippen molar-refractivity contribution in [1.29, 1.82) is 0 Å². The van der Waals surface area contributed by atoms with E-state index in [2.05, 4.69) is 39.5 Å². The normalized spacial score (nSPS) is 11.5. The number of ether oxygens (including phenoxy) is 2. The molecule has 22 heavy (non-hydrogen) atoms. The van der Waals surface area contributed by atoms with Crippen LogP contribution in [0.25, 0.3) is 0 Å². The smallest absolute Gasteiger partial charge is 0.141 e. The summed E-state index contributed by atoms with van der Waals surface area (Å²) in [6, 6.07) is 3.89. The van der Waals surface area contributed by atoms with E-state index < -0.39 is 0 Å². The van der Waals surface area contributed by atoms with Crippen molar-refractivity contribution in [3.05, 3.63) is 22.7 Å². The molecule has 1 rings (SSSR count). The van der Waals surface area contributed by atoms with E-state index in [9.17, 15) is 0 Å². The predicted octanol–water partition coefficient (Wildman–Crippen LogP) is 5.82. The first-order valence-electron chi connectivity index (χ1n) is 8.18. The fourth-order valence-corrected chi connectivity index (χ4v) is 2.28. The van der Waals surface area contributed by atoms with Gasteiger partial charge in [-0.05, 0) is 30.4 Å². The molecule has 122 valence electrons. The lowest BCUT2D eigenvalue weighted by molar-refractivity contribution is 0.298. The number of halogens is 1. The summed E-state index contributed by atoms with van der Waals surface area (Å²) < 4.78 is 11.6. The predicted molar refractivity (Wildman–Crippen MR) is 94.1 cm³/mol. The lowest BCUT2D eigenvalue weighted by Gasteiger charge is -2.18. The van der Waals surface area contributed by atoms with Crippen molar-refractivity contribution in [1.82, 2.24) is 0 Å². The van der Waals surface area contributed by atoms with Crippen LogP contribution in [-0.2, 0) is 0 Å². The maximum absolute atomic E-state index is 6.36. The van der Waals surface area contributed by atoms with Gasteiger partial charge in [-0.1, -0.05) is 39.3 Å². The van der Waals surface area contributed by atoms with Crippen LogP contribution in [0, 0.1) is 11.8 Å². The van der Waals surface area contributed by atoms with Gasteiger partial charge >= 0.3 is 0 Å². The van der Waals surface area contributed by atoms with Crippen molar-refractivity contribution in [2.75, 3.05) is 13.2 Å². The Morgan fingerprint density at radius 1 is 1.00 bits per heavy atom. The quantitative estimate of drug-likeness (QED) is 0.561. The molecule has 0 aliphatic rings. The number of rotatable bonds is 8. The van der Waals surface area contributed by atoms with Crippen LogP contribution >= 0.6 is 11.6 Å². The molecule has 0 amide bonds. The van der Waals surface area contributed by atoms with Gasteiger partial charge in [-0.15, -0.1) is 11.8 Å². The Hall–Kier alpha value is -1.33. The molecule has 0 radical (unpaired) electrons. The van der Waals surface area contributed by atoms with E-state index in [1.807, 2.05) is 12.1 Å². The maximum atomic E-state index is 6.36.